The molecule has 0 saturated carbocycles. The molecule has 0 aliphatic heterocycles. The van der Waals surface area contributed by atoms with Gasteiger partial charge in [-0.25, -0.2) is 9.97 Å². The highest BCUT2D eigenvalue weighted by Gasteiger charge is 2.28. The summed E-state index contributed by atoms with van der Waals surface area (Å²) in [5.74, 6) is 0. The van der Waals surface area contributed by atoms with Crippen LogP contribution in [0.4, 0.5) is 0 Å². The molecule has 2 nitrogen and oxygen atoms in total. The highest BCUT2D eigenvalue weighted by atomic mass is 79.9. The van der Waals surface area contributed by atoms with E-state index in [1.54, 1.807) is 0 Å². The van der Waals surface area contributed by atoms with Gasteiger partial charge in [-0.2, -0.15) is 0 Å². The van der Waals surface area contributed by atoms with E-state index in [2.05, 4.69) is 94.2 Å². The van der Waals surface area contributed by atoms with E-state index < -0.39 is 0 Å². The summed E-state index contributed by atoms with van der Waals surface area (Å²) in [5.41, 5.74) is 6.05. The summed E-state index contributed by atoms with van der Waals surface area (Å²) in [6.45, 7) is 4.31. The predicted octanol–water partition coefficient (Wildman–Crippen LogP) is 7.66. The van der Waals surface area contributed by atoms with Crippen LogP contribution in [0.3, 0.4) is 0 Å². The van der Waals surface area contributed by atoms with Crippen molar-refractivity contribution < 1.29 is 0 Å². The van der Waals surface area contributed by atoms with Gasteiger partial charge in [-0.05, 0) is 81.1 Å². The van der Waals surface area contributed by atoms with E-state index in [0.29, 0.717) is 0 Å². The number of benzene rings is 2. The van der Waals surface area contributed by atoms with Gasteiger partial charge in [0.25, 0.3) is 0 Å². The normalized spacial score (nSPS) is 11.4. The molecule has 0 radical (unpaired) electrons. The molecule has 0 aliphatic rings. The standard InChI is InChI=1S/C25H20Br2N2/c1-25(2,21-15-13-19(23(26)28-21)17-9-5-3-6-10-17)22-16-14-20(24(27)29-22)18-11-7-4-8-12-18/h3-16H,1-2H3. The van der Waals surface area contributed by atoms with Crippen molar-refractivity contribution in [2.75, 3.05) is 0 Å². The maximum Gasteiger partial charge on any atom is 0.114 e. The Morgan fingerprint density at radius 1 is 0.552 bits per heavy atom. The number of aromatic nitrogens is 2. The summed E-state index contributed by atoms with van der Waals surface area (Å²) in [5, 5.41) is 0. The third-order valence-corrected chi connectivity index (χ3v) is 6.36. The second-order valence-electron chi connectivity index (χ2n) is 7.43. The van der Waals surface area contributed by atoms with Gasteiger partial charge in [0.15, 0.2) is 0 Å². The summed E-state index contributed by atoms with van der Waals surface area (Å²) in [6.07, 6.45) is 0. The minimum Gasteiger partial charge on any atom is -0.244 e. The number of rotatable bonds is 4. The molecule has 29 heavy (non-hydrogen) atoms. The van der Waals surface area contributed by atoms with Crippen molar-refractivity contribution in [2.24, 2.45) is 0 Å². The fourth-order valence-corrected chi connectivity index (χ4v) is 4.47. The molecule has 0 N–H and O–H groups in total. The van der Waals surface area contributed by atoms with Crippen LogP contribution >= 0.6 is 31.9 Å². The minimum atomic E-state index is -0.338. The number of nitrogens with zero attached hydrogens (tertiary/aromatic N) is 2. The Labute approximate surface area is 188 Å². The zero-order valence-corrected chi connectivity index (χ0v) is 19.4. The molecule has 0 atom stereocenters. The van der Waals surface area contributed by atoms with Crippen LogP contribution in [0.5, 0.6) is 0 Å². The van der Waals surface area contributed by atoms with Crippen molar-refractivity contribution in [3.8, 4) is 22.3 Å². The van der Waals surface area contributed by atoms with E-state index >= 15 is 0 Å². The van der Waals surface area contributed by atoms with Crippen LogP contribution in [0.15, 0.2) is 94.1 Å². The van der Waals surface area contributed by atoms with Crippen molar-refractivity contribution in [1.82, 2.24) is 9.97 Å². The van der Waals surface area contributed by atoms with Crippen molar-refractivity contribution in [3.05, 3.63) is 106 Å². The van der Waals surface area contributed by atoms with Gasteiger partial charge in [-0.1, -0.05) is 60.7 Å². The predicted molar refractivity (Wildman–Crippen MR) is 127 cm³/mol. The van der Waals surface area contributed by atoms with Crippen LogP contribution in [0.1, 0.15) is 25.2 Å². The van der Waals surface area contributed by atoms with Crippen LogP contribution in [-0.4, -0.2) is 9.97 Å². The number of hydrogen-bond donors (Lipinski definition) is 0. The van der Waals surface area contributed by atoms with Crippen molar-refractivity contribution in [1.29, 1.82) is 0 Å². The minimum absolute atomic E-state index is 0.338. The van der Waals surface area contributed by atoms with Gasteiger partial charge in [0.05, 0.1) is 11.4 Å². The SMILES string of the molecule is CC(C)(c1ccc(-c2ccccc2)c(Br)n1)c1ccc(-c2ccccc2)c(Br)n1. The first kappa shape index (κ1) is 20.0. The number of pyridine rings is 2. The Morgan fingerprint density at radius 3 is 1.28 bits per heavy atom. The van der Waals surface area contributed by atoms with E-state index in [4.69, 9.17) is 9.97 Å². The Bertz CT molecular complexity index is 1050. The molecular weight excluding hydrogens is 488 g/mol. The molecule has 0 amide bonds. The van der Waals surface area contributed by atoms with Gasteiger partial charge in [-0.3, -0.25) is 0 Å². The fourth-order valence-electron chi connectivity index (χ4n) is 3.36. The van der Waals surface area contributed by atoms with Crippen molar-refractivity contribution >= 4 is 31.9 Å². The van der Waals surface area contributed by atoms with Gasteiger partial charge in [0, 0.05) is 16.5 Å². The average Bonchev–Trinajstić information content (AvgIpc) is 2.75. The maximum atomic E-state index is 4.87. The van der Waals surface area contributed by atoms with Crippen LogP contribution in [-0.2, 0) is 5.41 Å². The Hall–Kier alpha value is -2.30. The first-order valence-electron chi connectivity index (χ1n) is 9.42. The molecule has 2 aromatic heterocycles. The zero-order chi connectivity index (χ0) is 20.4. The molecule has 4 aromatic rings. The molecule has 4 rings (SSSR count). The lowest BCUT2D eigenvalue weighted by Crippen LogP contribution is -2.22. The Kier molecular flexibility index (Phi) is 5.66. The number of hydrogen-bond acceptors (Lipinski definition) is 2. The van der Waals surface area contributed by atoms with E-state index in [-0.39, 0.29) is 5.41 Å². The van der Waals surface area contributed by atoms with E-state index in [0.717, 1.165) is 42.8 Å². The molecule has 0 bridgehead atoms. The lowest BCUT2D eigenvalue weighted by molar-refractivity contribution is 0.592. The summed E-state index contributed by atoms with van der Waals surface area (Å²) in [6, 6.07) is 29.0. The second kappa shape index (κ2) is 8.21. The van der Waals surface area contributed by atoms with Gasteiger partial charge in [0.1, 0.15) is 9.21 Å². The average molecular weight is 508 g/mol. The third kappa shape index (κ3) is 4.05. The topological polar surface area (TPSA) is 25.8 Å². The van der Waals surface area contributed by atoms with Gasteiger partial charge >= 0.3 is 0 Å². The molecule has 0 spiro atoms. The van der Waals surface area contributed by atoms with Gasteiger partial charge in [0.2, 0.25) is 0 Å². The van der Waals surface area contributed by atoms with Crippen LogP contribution in [0.25, 0.3) is 22.3 Å². The van der Waals surface area contributed by atoms with Crippen molar-refractivity contribution in [3.63, 3.8) is 0 Å². The first-order valence-corrected chi connectivity index (χ1v) is 11.0. The second-order valence-corrected chi connectivity index (χ2v) is 8.93. The van der Waals surface area contributed by atoms with E-state index in [1.165, 1.54) is 0 Å². The maximum absolute atomic E-state index is 4.87. The highest BCUT2D eigenvalue weighted by Crippen LogP contribution is 2.36. The molecule has 0 unspecified atom stereocenters. The fraction of sp³-hybridized carbons (Fsp3) is 0.120. The summed E-state index contributed by atoms with van der Waals surface area (Å²) < 4.78 is 1.68. The quantitative estimate of drug-likeness (QED) is 0.265. The molecule has 0 fully saturated rings. The smallest absolute Gasteiger partial charge is 0.114 e. The van der Waals surface area contributed by atoms with Crippen LogP contribution in [0.2, 0.25) is 0 Å². The molecule has 2 heterocycles. The zero-order valence-electron chi connectivity index (χ0n) is 16.2. The Morgan fingerprint density at radius 2 is 0.931 bits per heavy atom. The molecule has 144 valence electrons. The summed E-state index contributed by atoms with van der Waals surface area (Å²) in [7, 11) is 0. The summed E-state index contributed by atoms with van der Waals surface area (Å²) in [4.78, 5) is 9.74. The van der Waals surface area contributed by atoms with Gasteiger partial charge < -0.3 is 0 Å². The first-order chi connectivity index (χ1) is 14.0. The molecule has 4 heteroatoms. The number of halogens is 2. The largest absolute Gasteiger partial charge is 0.244 e. The monoisotopic (exact) mass is 506 g/mol. The van der Waals surface area contributed by atoms with Gasteiger partial charge in [-0.15, -0.1) is 0 Å². The van der Waals surface area contributed by atoms with E-state index in [9.17, 15) is 0 Å². The molecule has 0 aliphatic carbocycles. The van der Waals surface area contributed by atoms with Crippen LogP contribution < -0.4 is 0 Å². The third-order valence-electron chi connectivity index (χ3n) is 5.15. The Balaban J connectivity index is 1.70. The van der Waals surface area contributed by atoms with Crippen LogP contribution in [0, 0.1) is 0 Å². The summed E-state index contributed by atoms with van der Waals surface area (Å²) >= 11 is 7.33. The molecular formula is C25H20Br2N2. The molecule has 0 saturated heterocycles. The lowest BCUT2D eigenvalue weighted by Gasteiger charge is -2.25. The lowest BCUT2D eigenvalue weighted by atomic mass is 9.84. The van der Waals surface area contributed by atoms with E-state index in [1.807, 2.05) is 36.4 Å². The molecule has 2 aromatic carbocycles. The van der Waals surface area contributed by atoms with Crippen molar-refractivity contribution in [2.45, 2.75) is 19.3 Å². The highest BCUT2D eigenvalue weighted by molar-refractivity contribution is 9.10.